The molecule has 1 atom stereocenters. The molecule has 3 aromatic rings. The molecule has 0 N–H and O–H groups in total. The quantitative estimate of drug-likeness (QED) is 0.728. The largest absolute Gasteiger partial charge is 0.305 e. The fourth-order valence-electron chi connectivity index (χ4n) is 3.08. The number of tetrazole rings is 1. The number of hydrogen-bond acceptors (Lipinski definition) is 4. The Labute approximate surface area is 133 Å². The van der Waals surface area contributed by atoms with Gasteiger partial charge in [-0.05, 0) is 53.6 Å². The number of anilines is 1. The van der Waals surface area contributed by atoms with Crippen LogP contribution in [0.4, 0.5) is 5.69 Å². The van der Waals surface area contributed by atoms with Crippen molar-refractivity contribution in [2.24, 2.45) is 0 Å². The number of rotatable bonds is 2. The molecule has 0 radical (unpaired) electrons. The lowest BCUT2D eigenvalue weighted by atomic mass is 10.1. The number of benzene rings is 2. The summed E-state index contributed by atoms with van der Waals surface area (Å²) in [6.07, 6.45) is 2.39. The maximum atomic E-state index is 13.0. The summed E-state index contributed by atoms with van der Waals surface area (Å²) in [7, 11) is 0. The summed E-state index contributed by atoms with van der Waals surface area (Å²) in [6.45, 7) is 2.07. The van der Waals surface area contributed by atoms with E-state index >= 15 is 0 Å². The molecule has 0 spiro atoms. The molecule has 1 unspecified atom stereocenters. The van der Waals surface area contributed by atoms with E-state index in [-0.39, 0.29) is 11.9 Å². The molecule has 2 heterocycles. The summed E-state index contributed by atoms with van der Waals surface area (Å²) in [5.41, 5.74) is 3.60. The second-order valence-electron chi connectivity index (χ2n) is 5.66. The van der Waals surface area contributed by atoms with Crippen molar-refractivity contribution >= 4 is 11.6 Å². The van der Waals surface area contributed by atoms with E-state index in [1.807, 2.05) is 47.4 Å². The number of carbonyl (C=O) groups is 1. The highest BCUT2D eigenvalue weighted by Gasteiger charge is 2.31. The van der Waals surface area contributed by atoms with Crippen LogP contribution in [-0.4, -0.2) is 32.2 Å². The maximum absolute atomic E-state index is 13.0. The van der Waals surface area contributed by atoms with Crippen molar-refractivity contribution < 1.29 is 4.79 Å². The Morgan fingerprint density at radius 2 is 2.04 bits per heavy atom. The van der Waals surface area contributed by atoms with E-state index in [1.165, 1.54) is 16.6 Å². The molecule has 6 nitrogen and oxygen atoms in total. The van der Waals surface area contributed by atoms with Crippen LogP contribution in [0.25, 0.3) is 5.69 Å². The van der Waals surface area contributed by atoms with E-state index in [0.717, 1.165) is 17.8 Å². The van der Waals surface area contributed by atoms with Gasteiger partial charge in [0.15, 0.2) is 0 Å². The average molecular weight is 305 g/mol. The molecule has 4 rings (SSSR count). The van der Waals surface area contributed by atoms with Crippen molar-refractivity contribution in [3.63, 3.8) is 0 Å². The first-order valence-electron chi connectivity index (χ1n) is 7.49. The standard InChI is InChI=1S/C17H15N5O/c1-12-9-13-5-2-3-8-16(13)22(12)17(23)14-6-4-7-15(10-14)21-11-18-19-20-21/h2-8,10-12H,9H2,1H3. The zero-order valence-electron chi connectivity index (χ0n) is 12.6. The lowest BCUT2D eigenvalue weighted by Crippen LogP contribution is -2.35. The summed E-state index contributed by atoms with van der Waals surface area (Å²) >= 11 is 0. The monoisotopic (exact) mass is 305 g/mol. The molecular formula is C17H15N5O. The molecule has 2 aromatic carbocycles. The Kier molecular flexibility index (Phi) is 3.15. The maximum Gasteiger partial charge on any atom is 0.258 e. The number of nitrogens with zero attached hydrogens (tertiary/aromatic N) is 5. The Morgan fingerprint density at radius 3 is 2.87 bits per heavy atom. The lowest BCUT2D eigenvalue weighted by Gasteiger charge is -2.23. The van der Waals surface area contributed by atoms with Crippen molar-refractivity contribution in [2.45, 2.75) is 19.4 Å². The Balaban J connectivity index is 1.71. The summed E-state index contributed by atoms with van der Waals surface area (Å²) in [5.74, 6) is -0.00243. The summed E-state index contributed by atoms with van der Waals surface area (Å²) in [4.78, 5) is 14.9. The zero-order valence-corrected chi connectivity index (χ0v) is 12.6. The van der Waals surface area contributed by atoms with Crippen LogP contribution in [-0.2, 0) is 6.42 Å². The van der Waals surface area contributed by atoms with Gasteiger partial charge in [0, 0.05) is 17.3 Å². The number of hydrogen-bond donors (Lipinski definition) is 0. The van der Waals surface area contributed by atoms with Crippen LogP contribution in [0, 0.1) is 0 Å². The summed E-state index contributed by atoms with van der Waals surface area (Å²) in [5, 5.41) is 11.1. The van der Waals surface area contributed by atoms with Gasteiger partial charge in [-0.2, -0.15) is 0 Å². The molecule has 1 aliphatic rings. The van der Waals surface area contributed by atoms with Crippen molar-refractivity contribution in [2.75, 3.05) is 4.90 Å². The van der Waals surface area contributed by atoms with Gasteiger partial charge in [-0.1, -0.05) is 24.3 Å². The highest BCUT2D eigenvalue weighted by Crippen LogP contribution is 2.33. The van der Waals surface area contributed by atoms with E-state index in [4.69, 9.17) is 0 Å². The van der Waals surface area contributed by atoms with Crippen LogP contribution in [0.2, 0.25) is 0 Å². The number of para-hydroxylation sites is 1. The van der Waals surface area contributed by atoms with Gasteiger partial charge in [-0.15, -0.1) is 5.10 Å². The number of fused-ring (bicyclic) bond motifs is 1. The summed E-state index contributed by atoms with van der Waals surface area (Å²) in [6, 6.07) is 15.6. The van der Waals surface area contributed by atoms with Gasteiger partial charge in [0.1, 0.15) is 6.33 Å². The van der Waals surface area contributed by atoms with Crippen LogP contribution >= 0.6 is 0 Å². The van der Waals surface area contributed by atoms with Gasteiger partial charge in [0.05, 0.1) is 5.69 Å². The Hall–Kier alpha value is -3.02. The minimum Gasteiger partial charge on any atom is -0.305 e. The van der Waals surface area contributed by atoms with Gasteiger partial charge in [0.2, 0.25) is 0 Å². The predicted molar refractivity (Wildman–Crippen MR) is 85.6 cm³/mol. The van der Waals surface area contributed by atoms with E-state index in [2.05, 4.69) is 28.5 Å². The molecule has 114 valence electrons. The molecule has 0 saturated heterocycles. The average Bonchev–Trinajstić information content (AvgIpc) is 3.21. The van der Waals surface area contributed by atoms with Crippen LogP contribution in [0.15, 0.2) is 54.9 Å². The van der Waals surface area contributed by atoms with Gasteiger partial charge >= 0.3 is 0 Å². The van der Waals surface area contributed by atoms with Gasteiger partial charge in [0.25, 0.3) is 5.91 Å². The van der Waals surface area contributed by atoms with E-state index in [9.17, 15) is 4.79 Å². The number of aromatic nitrogens is 4. The molecule has 0 bridgehead atoms. The minimum absolute atomic E-state index is 0.00243. The van der Waals surface area contributed by atoms with E-state index in [1.54, 1.807) is 0 Å². The van der Waals surface area contributed by atoms with Gasteiger partial charge in [-0.3, -0.25) is 4.79 Å². The third-order valence-corrected chi connectivity index (χ3v) is 4.13. The molecule has 23 heavy (non-hydrogen) atoms. The lowest BCUT2D eigenvalue weighted by molar-refractivity contribution is 0.0981. The third-order valence-electron chi connectivity index (χ3n) is 4.13. The molecule has 0 fully saturated rings. The van der Waals surface area contributed by atoms with Gasteiger partial charge in [-0.25, -0.2) is 4.68 Å². The topological polar surface area (TPSA) is 63.9 Å². The Bertz CT molecular complexity index is 859. The van der Waals surface area contributed by atoms with Crippen LogP contribution in [0.1, 0.15) is 22.8 Å². The number of carbonyl (C=O) groups excluding carboxylic acids is 1. The molecule has 0 aliphatic carbocycles. The van der Waals surface area contributed by atoms with Gasteiger partial charge < -0.3 is 4.90 Å². The normalized spacial score (nSPS) is 16.4. The second kappa shape index (κ2) is 5.31. The first-order valence-corrected chi connectivity index (χ1v) is 7.49. The van der Waals surface area contributed by atoms with Crippen LogP contribution in [0.3, 0.4) is 0 Å². The fraction of sp³-hybridized carbons (Fsp3) is 0.176. The first-order chi connectivity index (χ1) is 11.2. The molecule has 1 aliphatic heterocycles. The fourth-order valence-corrected chi connectivity index (χ4v) is 3.08. The van der Waals surface area contributed by atoms with E-state index in [0.29, 0.717) is 5.56 Å². The Morgan fingerprint density at radius 1 is 1.17 bits per heavy atom. The number of amides is 1. The van der Waals surface area contributed by atoms with Crippen molar-refractivity contribution in [3.05, 3.63) is 66.0 Å². The zero-order chi connectivity index (χ0) is 15.8. The predicted octanol–water partition coefficient (Wildman–Crippen LogP) is 2.25. The smallest absolute Gasteiger partial charge is 0.258 e. The molecule has 1 amide bonds. The second-order valence-corrected chi connectivity index (χ2v) is 5.66. The molecule has 6 heteroatoms. The van der Waals surface area contributed by atoms with Crippen molar-refractivity contribution in [1.29, 1.82) is 0 Å². The first kappa shape index (κ1) is 13.6. The molecule has 0 saturated carbocycles. The van der Waals surface area contributed by atoms with Crippen molar-refractivity contribution in [3.8, 4) is 5.69 Å². The van der Waals surface area contributed by atoms with Crippen molar-refractivity contribution in [1.82, 2.24) is 20.2 Å². The van der Waals surface area contributed by atoms with Crippen LogP contribution < -0.4 is 4.90 Å². The SMILES string of the molecule is CC1Cc2ccccc2N1C(=O)c1cccc(-n2cnnn2)c1. The minimum atomic E-state index is -0.00243. The van der Waals surface area contributed by atoms with Crippen LogP contribution in [0.5, 0.6) is 0 Å². The van der Waals surface area contributed by atoms with E-state index < -0.39 is 0 Å². The highest BCUT2D eigenvalue weighted by molar-refractivity contribution is 6.08. The molecular weight excluding hydrogens is 290 g/mol. The molecule has 1 aromatic heterocycles. The highest BCUT2D eigenvalue weighted by atomic mass is 16.2. The third kappa shape index (κ3) is 2.28. The summed E-state index contributed by atoms with van der Waals surface area (Å²) < 4.78 is 1.54.